The highest BCUT2D eigenvalue weighted by Gasteiger charge is 2.30. The maximum atomic E-state index is 13.1. The number of unbranched alkanes of at least 4 members (excludes halogenated alkanes) is 51. The number of esters is 4. The first-order chi connectivity index (χ1) is 47.5. The van der Waals surface area contributed by atoms with Crippen molar-refractivity contribution >= 4 is 39.5 Å². The van der Waals surface area contributed by atoms with Gasteiger partial charge in [-0.2, -0.15) is 0 Å². The van der Waals surface area contributed by atoms with Gasteiger partial charge in [0.05, 0.1) is 26.4 Å². The van der Waals surface area contributed by atoms with Crippen molar-refractivity contribution < 1.29 is 80.2 Å². The number of ether oxygens (including phenoxy) is 4. The van der Waals surface area contributed by atoms with Crippen LogP contribution in [0.2, 0.25) is 0 Å². The first-order valence-electron chi connectivity index (χ1n) is 41.1. The smallest absolute Gasteiger partial charge is 0.462 e. The van der Waals surface area contributed by atoms with E-state index in [9.17, 15) is 43.2 Å². The van der Waals surface area contributed by atoms with E-state index in [-0.39, 0.29) is 25.7 Å². The molecule has 0 aliphatic carbocycles. The van der Waals surface area contributed by atoms with Gasteiger partial charge in [-0.1, -0.05) is 369 Å². The molecule has 98 heavy (non-hydrogen) atoms. The van der Waals surface area contributed by atoms with Gasteiger partial charge in [0.1, 0.15) is 19.3 Å². The fraction of sp³-hybridized carbons (Fsp3) is 0.949. The Bertz CT molecular complexity index is 1870. The van der Waals surface area contributed by atoms with E-state index in [1.807, 2.05) is 0 Å². The Morgan fingerprint density at radius 1 is 0.276 bits per heavy atom. The molecule has 0 aromatic carbocycles. The van der Waals surface area contributed by atoms with E-state index in [0.717, 1.165) is 109 Å². The van der Waals surface area contributed by atoms with Crippen LogP contribution in [-0.4, -0.2) is 96.7 Å². The molecule has 0 spiro atoms. The molecule has 0 amide bonds. The lowest BCUT2D eigenvalue weighted by Crippen LogP contribution is -2.30. The molecule has 582 valence electrons. The van der Waals surface area contributed by atoms with Crippen LogP contribution in [0.25, 0.3) is 0 Å². The van der Waals surface area contributed by atoms with Crippen LogP contribution < -0.4 is 0 Å². The van der Waals surface area contributed by atoms with Gasteiger partial charge in [-0.15, -0.1) is 0 Å². The molecule has 3 N–H and O–H groups in total. The standard InChI is InChI=1S/C79H154O17P2/c1-6-9-12-15-18-20-22-24-26-28-30-32-34-36-38-40-42-48-53-58-63-77(82)90-69-75(95-78(83)64-59-54-49-43-41-39-37-35-33-31-29-27-25-23-21-19-16-13-10-7-2)71-94-98(87,88)92-67-73(80)66-91-97(85,86)93-70-74(68-89-76(81)62-57-52-46-17-14-11-8-3)96-79(84)65-60-55-50-45-44-47-51-56-61-72(4)5/h72-75,80H,6-71H2,1-5H3,(H,85,86)(H,87,88)/t73-,74+,75+/m0/s1. The number of hydrogen-bond donors (Lipinski definition) is 3. The first-order valence-corrected chi connectivity index (χ1v) is 44.1. The number of aliphatic hydroxyl groups is 1. The minimum absolute atomic E-state index is 0.105. The number of phosphoric ester groups is 2. The summed E-state index contributed by atoms with van der Waals surface area (Å²) in [5, 5.41) is 10.6. The van der Waals surface area contributed by atoms with Crippen molar-refractivity contribution in [2.45, 2.75) is 438 Å². The van der Waals surface area contributed by atoms with Crippen LogP contribution in [0.1, 0.15) is 420 Å². The van der Waals surface area contributed by atoms with E-state index < -0.39 is 97.5 Å². The second-order valence-electron chi connectivity index (χ2n) is 28.9. The quantitative estimate of drug-likeness (QED) is 0.0222. The van der Waals surface area contributed by atoms with Gasteiger partial charge in [-0.25, -0.2) is 9.13 Å². The minimum Gasteiger partial charge on any atom is -0.462 e. The zero-order chi connectivity index (χ0) is 71.9. The molecular weight excluding hydrogens is 1280 g/mol. The average Bonchev–Trinajstić information content (AvgIpc) is 1.09. The summed E-state index contributed by atoms with van der Waals surface area (Å²) in [4.78, 5) is 72.7. The molecule has 2 unspecified atom stereocenters. The average molecular weight is 1440 g/mol. The van der Waals surface area contributed by atoms with Crippen molar-refractivity contribution in [1.82, 2.24) is 0 Å². The van der Waals surface area contributed by atoms with Crippen molar-refractivity contribution in [3.05, 3.63) is 0 Å². The van der Waals surface area contributed by atoms with E-state index in [1.165, 1.54) is 231 Å². The molecule has 0 rings (SSSR count). The zero-order valence-electron chi connectivity index (χ0n) is 63.9. The molecule has 0 radical (unpaired) electrons. The summed E-state index contributed by atoms with van der Waals surface area (Å²) < 4.78 is 68.5. The summed E-state index contributed by atoms with van der Waals surface area (Å²) in [6.45, 7) is 7.22. The van der Waals surface area contributed by atoms with E-state index >= 15 is 0 Å². The number of rotatable bonds is 79. The Morgan fingerprint density at radius 2 is 0.469 bits per heavy atom. The van der Waals surface area contributed by atoms with E-state index in [4.69, 9.17) is 37.0 Å². The minimum atomic E-state index is -4.96. The summed E-state index contributed by atoms with van der Waals surface area (Å²) in [6, 6.07) is 0. The third kappa shape index (κ3) is 72.4. The molecule has 0 fully saturated rings. The Labute approximate surface area is 600 Å². The molecular formula is C79H154O17P2. The second kappa shape index (κ2) is 72.0. The van der Waals surface area contributed by atoms with Crippen LogP contribution in [0, 0.1) is 5.92 Å². The Morgan fingerprint density at radius 3 is 0.694 bits per heavy atom. The van der Waals surface area contributed by atoms with Gasteiger partial charge < -0.3 is 33.8 Å². The Kier molecular flexibility index (Phi) is 70.6. The Balaban J connectivity index is 5.15. The van der Waals surface area contributed by atoms with E-state index in [2.05, 4.69) is 34.6 Å². The summed E-state index contributed by atoms with van der Waals surface area (Å²) in [6.07, 6.45) is 62.9. The monoisotopic (exact) mass is 1440 g/mol. The number of phosphoric acid groups is 2. The maximum Gasteiger partial charge on any atom is 0.472 e. The number of carbonyl (C=O) groups is 4. The first kappa shape index (κ1) is 96.1. The van der Waals surface area contributed by atoms with E-state index in [0.29, 0.717) is 25.7 Å². The number of hydrogen-bond acceptors (Lipinski definition) is 15. The molecule has 0 aliphatic rings. The zero-order valence-corrected chi connectivity index (χ0v) is 65.7. The van der Waals surface area contributed by atoms with Crippen molar-refractivity contribution in [3.8, 4) is 0 Å². The predicted molar refractivity (Wildman–Crippen MR) is 400 cm³/mol. The Hall–Kier alpha value is -1.94. The van der Waals surface area contributed by atoms with Crippen LogP contribution in [0.3, 0.4) is 0 Å². The number of carbonyl (C=O) groups excluding carboxylic acids is 4. The third-order valence-corrected chi connectivity index (χ3v) is 20.4. The van der Waals surface area contributed by atoms with E-state index in [1.54, 1.807) is 0 Å². The molecule has 17 nitrogen and oxygen atoms in total. The largest absolute Gasteiger partial charge is 0.472 e. The lowest BCUT2D eigenvalue weighted by molar-refractivity contribution is -0.161. The molecule has 0 heterocycles. The molecule has 0 saturated heterocycles. The molecule has 0 saturated carbocycles. The third-order valence-electron chi connectivity index (χ3n) is 18.5. The summed E-state index contributed by atoms with van der Waals surface area (Å²) in [5.74, 6) is -1.40. The van der Waals surface area contributed by atoms with Crippen LogP contribution in [-0.2, 0) is 65.4 Å². The molecule has 5 atom stereocenters. The maximum absolute atomic E-state index is 13.1. The fourth-order valence-electron chi connectivity index (χ4n) is 12.2. The van der Waals surface area contributed by atoms with Crippen LogP contribution in [0.5, 0.6) is 0 Å². The fourth-order valence-corrected chi connectivity index (χ4v) is 13.8. The van der Waals surface area contributed by atoms with Gasteiger partial charge in [0.25, 0.3) is 0 Å². The lowest BCUT2D eigenvalue weighted by atomic mass is 10.0. The SMILES string of the molecule is CCCCCCCCCCCCCCCCCCCCCCC(=O)OC[C@H](COP(=O)(O)OC[C@@H](O)COP(=O)(O)OC[C@@H](COC(=O)CCCCCCCCC)OC(=O)CCCCCCCCCCC(C)C)OC(=O)CCCCCCCCCCCCCCCCCCCCCC. The van der Waals surface area contributed by atoms with Gasteiger partial charge in [0, 0.05) is 25.7 Å². The summed E-state index contributed by atoms with van der Waals surface area (Å²) in [5.41, 5.74) is 0. The van der Waals surface area contributed by atoms with Crippen LogP contribution in [0.4, 0.5) is 0 Å². The van der Waals surface area contributed by atoms with Gasteiger partial charge in [0.15, 0.2) is 12.2 Å². The highest BCUT2D eigenvalue weighted by Crippen LogP contribution is 2.45. The topological polar surface area (TPSA) is 237 Å². The van der Waals surface area contributed by atoms with Crippen molar-refractivity contribution in [1.29, 1.82) is 0 Å². The van der Waals surface area contributed by atoms with Gasteiger partial charge in [-0.05, 0) is 31.6 Å². The molecule has 0 aliphatic heterocycles. The number of aliphatic hydroxyl groups excluding tert-OH is 1. The van der Waals surface area contributed by atoms with Gasteiger partial charge in [0.2, 0.25) is 0 Å². The lowest BCUT2D eigenvalue weighted by Gasteiger charge is -2.21. The van der Waals surface area contributed by atoms with Crippen LogP contribution >= 0.6 is 15.6 Å². The predicted octanol–water partition coefficient (Wildman–Crippen LogP) is 23.6. The summed E-state index contributed by atoms with van der Waals surface area (Å²) >= 11 is 0. The molecule has 0 aromatic heterocycles. The highest BCUT2D eigenvalue weighted by atomic mass is 31.2. The second-order valence-corrected chi connectivity index (χ2v) is 31.8. The summed E-state index contributed by atoms with van der Waals surface area (Å²) in [7, 11) is -9.91. The van der Waals surface area contributed by atoms with Crippen LogP contribution in [0.15, 0.2) is 0 Å². The normalized spacial score (nSPS) is 13.9. The van der Waals surface area contributed by atoms with Crippen molar-refractivity contribution in [2.75, 3.05) is 39.6 Å². The van der Waals surface area contributed by atoms with Gasteiger partial charge in [-0.3, -0.25) is 37.3 Å². The van der Waals surface area contributed by atoms with Crippen molar-refractivity contribution in [3.63, 3.8) is 0 Å². The van der Waals surface area contributed by atoms with Gasteiger partial charge >= 0.3 is 39.5 Å². The molecule has 19 heteroatoms. The molecule has 0 bridgehead atoms. The van der Waals surface area contributed by atoms with Crippen molar-refractivity contribution in [2.24, 2.45) is 5.92 Å². The molecule has 0 aromatic rings. The highest BCUT2D eigenvalue weighted by molar-refractivity contribution is 7.47.